The molecule has 0 aromatic heterocycles. The molecule has 1 amide bonds. The van der Waals surface area contributed by atoms with Crippen molar-refractivity contribution >= 4 is 28.8 Å². The topological polar surface area (TPSA) is 70.7 Å². The number of anilines is 2. The summed E-state index contributed by atoms with van der Waals surface area (Å²) in [6.45, 7) is 3.60. The molecule has 2 N–H and O–H groups in total. The minimum absolute atomic E-state index is 0.198. The quantitative estimate of drug-likeness (QED) is 0.403. The Morgan fingerprint density at radius 3 is 2.30 bits per heavy atom. The average Bonchev–Trinajstić information content (AvgIpc) is 3.15. The van der Waals surface area contributed by atoms with E-state index in [1.165, 1.54) is 18.2 Å². The van der Waals surface area contributed by atoms with Gasteiger partial charge in [-0.3, -0.25) is 9.69 Å². The maximum Gasteiger partial charge on any atom is 0.337 e. The number of ether oxygens (including phenoxy) is 1. The number of esters is 1. The van der Waals surface area contributed by atoms with Crippen molar-refractivity contribution in [3.63, 3.8) is 0 Å². The second-order valence-electron chi connectivity index (χ2n) is 8.19. The molecule has 6 nitrogen and oxygen atoms in total. The first-order valence-electron chi connectivity index (χ1n) is 10.8. The summed E-state index contributed by atoms with van der Waals surface area (Å²) in [5, 5.41) is 6.17. The molecule has 0 unspecified atom stereocenters. The highest BCUT2D eigenvalue weighted by Crippen LogP contribution is 2.35. The molecule has 0 saturated heterocycles. The summed E-state index contributed by atoms with van der Waals surface area (Å²) in [5.41, 5.74) is 6.47. The van der Waals surface area contributed by atoms with Gasteiger partial charge in [0.15, 0.2) is 0 Å². The van der Waals surface area contributed by atoms with Crippen molar-refractivity contribution in [2.45, 2.75) is 20.0 Å². The summed E-state index contributed by atoms with van der Waals surface area (Å²) in [4.78, 5) is 26.7. The van der Waals surface area contributed by atoms with Crippen LogP contribution in [0.4, 0.5) is 11.4 Å². The lowest BCUT2D eigenvalue weighted by molar-refractivity contribution is -0.110. The van der Waals surface area contributed by atoms with Crippen LogP contribution >= 0.6 is 0 Å². The molecule has 0 spiro atoms. The second-order valence-corrected chi connectivity index (χ2v) is 8.19. The van der Waals surface area contributed by atoms with E-state index in [4.69, 9.17) is 4.74 Å². The van der Waals surface area contributed by atoms with Gasteiger partial charge in [0.05, 0.1) is 23.9 Å². The molecule has 1 aliphatic heterocycles. The molecular weight excluding hydrogens is 414 g/mol. The van der Waals surface area contributed by atoms with Gasteiger partial charge in [-0.15, -0.1) is 0 Å². The van der Waals surface area contributed by atoms with Crippen LogP contribution in [0, 0.1) is 0 Å². The van der Waals surface area contributed by atoms with Gasteiger partial charge < -0.3 is 15.4 Å². The first-order chi connectivity index (χ1) is 15.9. The number of amides is 1. The second kappa shape index (κ2) is 9.71. The molecule has 0 aliphatic carbocycles. The third-order valence-electron chi connectivity index (χ3n) is 5.59. The lowest BCUT2D eigenvalue weighted by Gasteiger charge is -2.17. The Hall–Kier alpha value is -3.90. The number of rotatable bonds is 7. The van der Waals surface area contributed by atoms with Crippen LogP contribution in [0.5, 0.6) is 0 Å². The lowest BCUT2D eigenvalue weighted by atomic mass is 10.0. The zero-order chi connectivity index (χ0) is 23.4. The molecule has 0 saturated carbocycles. The minimum Gasteiger partial charge on any atom is -0.465 e. The molecule has 3 aromatic carbocycles. The van der Waals surface area contributed by atoms with E-state index < -0.39 is 5.97 Å². The van der Waals surface area contributed by atoms with E-state index in [0.29, 0.717) is 16.8 Å². The van der Waals surface area contributed by atoms with E-state index in [0.717, 1.165) is 30.0 Å². The normalized spacial score (nSPS) is 14.0. The highest BCUT2D eigenvalue weighted by atomic mass is 16.5. The van der Waals surface area contributed by atoms with E-state index in [1.54, 1.807) is 18.2 Å². The van der Waals surface area contributed by atoms with Crippen molar-refractivity contribution < 1.29 is 14.3 Å². The Morgan fingerprint density at radius 2 is 1.64 bits per heavy atom. The molecule has 4 rings (SSSR count). The number of fused-ring (bicyclic) bond motifs is 1. The van der Waals surface area contributed by atoms with Gasteiger partial charge in [-0.05, 0) is 49.4 Å². The van der Waals surface area contributed by atoms with Gasteiger partial charge in [0.2, 0.25) is 0 Å². The third-order valence-corrected chi connectivity index (χ3v) is 5.59. The monoisotopic (exact) mass is 441 g/mol. The summed E-state index contributed by atoms with van der Waals surface area (Å²) >= 11 is 0. The number of carbonyl (C=O) groups excluding carboxylic acids is 2. The third kappa shape index (κ3) is 5.13. The van der Waals surface area contributed by atoms with Crippen molar-refractivity contribution in [1.82, 2.24) is 4.90 Å². The number of allylic oxidation sites excluding steroid dienone is 1. The molecule has 0 atom stereocenters. The molecule has 6 heteroatoms. The summed E-state index contributed by atoms with van der Waals surface area (Å²) in [7, 11) is 3.44. The van der Waals surface area contributed by atoms with Crippen molar-refractivity contribution in [3.8, 4) is 0 Å². The number of hydrogen-bond donors (Lipinski definition) is 2. The molecule has 33 heavy (non-hydrogen) atoms. The number of methoxy groups -OCH3 is 1. The smallest absolute Gasteiger partial charge is 0.337 e. The summed E-state index contributed by atoms with van der Waals surface area (Å²) in [6.07, 6.45) is 0. The Bertz CT molecular complexity index is 1200. The number of hydrogen-bond acceptors (Lipinski definition) is 5. The molecular formula is C27H27N3O3. The number of nitrogens with one attached hydrogen (secondary N) is 2. The molecule has 1 heterocycles. The van der Waals surface area contributed by atoms with Crippen LogP contribution in [0.3, 0.4) is 0 Å². The zero-order valence-electron chi connectivity index (χ0n) is 19.0. The van der Waals surface area contributed by atoms with E-state index in [9.17, 15) is 9.59 Å². The minimum atomic E-state index is -0.436. The molecule has 0 radical (unpaired) electrons. The van der Waals surface area contributed by atoms with Gasteiger partial charge in [-0.1, -0.05) is 48.5 Å². The van der Waals surface area contributed by atoms with Gasteiger partial charge >= 0.3 is 5.97 Å². The fourth-order valence-electron chi connectivity index (χ4n) is 4.03. The van der Waals surface area contributed by atoms with E-state index in [-0.39, 0.29) is 5.91 Å². The maximum atomic E-state index is 12.6. The van der Waals surface area contributed by atoms with E-state index in [2.05, 4.69) is 59.0 Å². The summed E-state index contributed by atoms with van der Waals surface area (Å²) < 4.78 is 4.76. The number of benzene rings is 3. The first-order valence-corrected chi connectivity index (χ1v) is 10.8. The van der Waals surface area contributed by atoms with Crippen LogP contribution in [0.25, 0.3) is 5.57 Å². The zero-order valence-corrected chi connectivity index (χ0v) is 19.0. The Labute approximate surface area is 193 Å². The van der Waals surface area contributed by atoms with Crippen LogP contribution < -0.4 is 10.6 Å². The molecule has 0 fully saturated rings. The molecule has 3 aromatic rings. The Morgan fingerprint density at radius 1 is 0.970 bits per heavy atom. The fourth-order valence-corrected chi connectivity index (χ4v) is 4.03. The molecule has 168 valence electrons. The summed E-state index contributed by atoms with van der Waals surface area (Å²) in [5.74, 6) is -0.634. The van der Waals surface area contributed by atoms with E-state index >= 15 is 0 Å². The van der Waals surface area contributed by atoms with Gasteiger partial charge in [0.1, 0.15) is 0 Å². The van der Waals surface area contributed by atoms with E-state index in [1.807, 2.05) is 25.1 Å². The largest absolute Gasteiger partial charge is 0.465 e. The van der Waals surface area contributed by atoms with Crippen LogP contribution in [0.1, 0.15) is 34.0 Å². The SMILES string of the molecule is COC(=O)c1ccc2c(c1)NC(=O)/C2=C(/C)Nc1ccc(CN(C)Cc2ccccc2)cc1. The van der Waals surface area contributed by atoms with Crippen molar-refractivity contribution in [2.75, 3.05) is 24.8 Å². The van der Waals surface area contributed by atoms with Crippen molar-refractivity contribution in [3.05, 3.63) is 101 Å². The average molecular weight is 442 g/mol. The van der Waals surface area contributed by atoms with Crippen LogP contribution in [0.15, 0.2) is 78.5 Å². The van der Waals surface area contributed by atoms with Crippen LogP contribution in [0.2, 0.25) is 0 Å². The predicted octanol–water partition coefficient (Wildman–Crippen LogP) is 4.90. The lowest BCUT2D eigenvalue weighted by Crippen LogP contribution is -2.17. The number of nitrogens with zero attached hydrogens (tertiary/aromatic N) is 1. The Balaban J connectivity index is 1.45. The van der Waals surface area contributed by atoms with Crippen molar-refractivity contribution in [1.29, 1.82) is 0 Å². The molecule has 0 bridgehead atoms. The first kappa shape index (κ1) is 22.3. The van der Waals surface area contributed by atoms with Crippen LogP contribution in [-0.4, -0.2) is 30.9 Å². The maximum absolute atomic E-state index is 12.6. The van der Waals surface area contributed by atoms with Gasteiger partial charge in [-0.25, -0.2) is 4.79 Å². The van der Waals surface area contributed by atoms with Gasteiger partial charge in [0, 0.05) is 30.0 Å². The van der Waals surface area contributed by atoms with Gasteiger partial charge in [-0.2, -0.15) is 0 Å². The number of carbonyl (C=O) groups is 2. The highest BCUT2D eigenvalue weighted by Gasteiger charge is 2.27. The summed E-state index contributed by atoms with van der Waals surface area (Å²) in [6, 6.07) is 23.7. The fraction of sp³-hybridized carbons (Fsp3) is 0.185. The van der Waals surface area contributed by atoms with Gasteiger partial charge in [0.25, 0.3) is 5.91 Å². The van der Waals surface area contributed by atoms with Crippen LogP contribution in [-0.2, 0) is 22.6 Å². The molecule has 1 aliphatic rings. The Kier molecular flexibility index (Phi) is 6.56. The highest BCUT2D eigenvalue weighted by molar-refractivity contribution is 6.32. The predicted molar refractivity (Wildman–Crippen MR) is 131 cm³/mol. The van der Waals surface area contributed by atoms with Crippen molar-refractivity contribution in [2.24, 2.45) is 0 Å². The standard InChI is InChI=1S/C27H27N3O3/c1-18(25-23-14-11-21(27(32)33-3)15-24(23)29-26(25)31)28-22-12-9-20(10-13-22)17-30(2)16-19-7-5-4-6-8-19/h4-15,28H,16-17H2,1-3H3,(H,29,31)/b25-18-.